The van der Waals surface area contributed by atoms with Crippen molar-refractivity contribution in [2.45, 2.75) is 19.4 Å². The van der Waals surface area contributed by atoms with Crippen LogP contribution in [0.1, 0.15) is 28.8 Å². The van der Waals surface area contributed by atoms with Gasteiger partial charge in [0.05, 0.1) is 25.2 Å². The van der Waals surface area contributed by atoms with Crippen molar-refractivity contribution in [2.24, 2.45) is 0 Å². The molecule has 2 fully saturated rings. The van der Waals surface area contributed by atoms with E-state index in [1.165, 1.54) is 18.5 Å². The molecule has 2 saturated heterocycles. The number of benzene rings is 2. The zero-order valence-corrected chi connectivity index (χ0v) is 20.8. The van der Waals surface area contributed by atoms with Crippen molar-refractivity contribution in [3.63, 3.8) is 0 Å². The molecule has 2 aromatic rings. The Morgan fingerprint density at radius 3 is 2.17 bits per heavy atom. The van der Waals surface area contributed by atoms with Crippen LogP contribution in [-0.2, 0) is 26.1 Å². The van der Waals surface area contributed by atoms with E-state index < -0.39 is 15.9 Å². The van der Waals surface area contributed by atoms with E-state index >= 15 is 0 Å². The van der Waals surface area contributed by atoms with Crippen molar-refractivity contribution >= 4 is 33.2 Å². The second-order valence-electron chi connectivity index (χ2n) is 8.86. The summed E-state index contributed by atoms with van der Waals surface area (Å²) in [5.74, 6) is -0.535. The summed E-state index contributed by atoms with van der Waals surface area (Å²) in [6, 6.07) is 14.3. The molecule has 2 aromatic carbocycles. The highest BCUT2D eigenvalue weighted by molar-refractivity contribution is 7.92. The Morgan fingerprint density at radius 1 is 0.943 bits per heavy atom. The fourth-order valence-corrected chi connectivity index (χ4v) is 5.16. The number of amides is 2. The number of hydrogen-bond acceptors (Lipinski definition) is 6. The van der Waals surface area contributed by atoms with E-state index in [1.807, 2.05) is 12.1 Å². The molecule has 35 heavy (non-hydrogen) atoms. The van der Waals surface area contributed by atoms with Crippen LogP contribution in [0.4, 0.5) is 11.4 Å². The molecule has 2 amide bonds. The number of sulfonamides is 1. The van der Waals surface area contributed by atoms with Crippen LogP contribution >= 0.6 is 0 Å². The van der Waals surface area contributed by atoms with Crippen LogP contribution < -0.4 is 14.5 Å². The highest BCUT2D eigenvalue weighted by Crippen LogP contribution is 2.21. The standard InChI is InChI=1S/C25H32N4O5S/c1-35(32,33)29(23-10-6-21(7-11-23)25(31)28-14-16-34-17-15-28)19-24(30)26-18-20-4-8-22(9-5-20)27-12-2-3-13-27/h4-11H,2-3,12-19H2,1H3,(H,26,30). The van der Waals surface area contributed by atoms with E-state index in [9.17, 15) is 18.0 Å². The molecule has 1 N–H and O–H groups in total. The second kappa shape index (κ2) is 11.1. The minimum atomic E-state index is -3.71. The van der Waals surface area contributed by atoms with Crippen LogP contribution in [0, 0.1) is 0 Å². The molecule has 0 aromatic heterocycles. The lowest BCUT2D eigenvalue weighted by Crippen LogP contribution is -2.41. The number of carbonyl (C=O) groups is 2. The Balaban J connectivity index is 1.36. The highest BCUT2D eigenvalue weighted by Gasteiger charge is 2.23. The van der Waals surface area contributed by atoms with Crippen molar-refractivity contribution in [3.8, 4) is 0 Å². The first kappa shape index (κ1) is 25.0. The van der Waals surface area contributed by atoms with Gasteiger partial charge in [-0.3, -0.25) is 13.9 Å². The zero-order chi connectivity index (χ0) is 24.8. The molecular formula is C25H32N4O5S. The maximum Gasteiger partial charge on any atom is 0.254 e. The van der Waals surface area contributed by atoms with Crippen LogP contribution in [0.25, 0.3) is 0 Å². The average molecular weight is 501 g/mol. The molecule has 0 radical (unpaired) electrons. The van der Waals surface area contributed by atoms with Crippen molar-refractivity contribution in [3.05, 3.63) is 59.7 Å². The molecule has 9 nitrogen and oxygen atoms in total. The number of ether oxygens (including phenoxy) is 1. The lowest BCUT2D eigenvalue weighted by Gasteiger charge is -2.27. The van der Waals surface area contributed by atoms with Gasteiger partial charge in [-0.05, 0) is 54.8 Å². The number of anilines is 2. The summed E-state index contributed by atoms with van der Waals surface area (Å²) < 4.78 is 31.2. The van der Waals surface area contributed by atoms with Crippen molar-refractivity contribution in [1.82, 2.24) is 10.2 Å². The molecule has 10 heteroatoms. The van der Waals surface area contributed by atoms with E-state index in [2.05, 4.69) is 22.3 Å². The number of rotatable bonds is 8. The summed E-state index contributed by atoms with van der Waals surface area (Å²) in [5.41, 5.74) is 2.91. The van der Waals surface area contributed by atoms with Gasteiger partial charge in [0.2, 0.25) is 15.9 Å². The minimum absolute atomic E-state index is 0.126. The van der Waals surface area contributed by atoms with E-state index in [4.69, 9.17) is 4.74 Å². The highest BCUT2D eigenvalue weighted by atomic mass is 32.2. The van der Waals surface area contributed by atoms with Crippen molar-refractivity contribution in [2.75, 3.05) is 61.4 Å². The van der Waals surface area contributed by atoms with E-state index in [-0.39, 0.29) is 12.5 Å². The van der Waals surface area contributed by atoms with Gasteiger partial charge in [0.1, 0.15) is 6.54 Å². The zero-order valence-electron chi connectivity index (χ0n) is 20.0. The summed E-state index contributed by atoms with van der Waals surface area (Å²) in [6.07, 6.45) is 3.48. The maximum atomic E-state index is 12.6. The topological polar surface area (TPSA) is 99.3 Å². The molecule has 0 spiro atoms. The lowest BCUT2D eigenvalue weighted by molar-refractivity contribution is -0.119. The largest absolute Gasteiger partial charge is 0.378 e. The molecule has 2 aliphatic heterocycles. The van der Waals surface area contributed by atoms with Gasteiger partial charge in [0.25, 0.3) is 5.91 Å². The summed E-state index contributed by atoms with van der Waals surface area (Å²) in [6.45, 7) is 4.16. The Kier molecular flexibility index (Phi) is 7.92. The molecule has 4 rings (SSSR count). The van der Waals surface area contributed by atoms with Crippen LogP contribution in [0.3, 0.4) is 0 Å². The molecule has 0 aliphatic carbocycles. The van der Waals surface area contributed by atoms with Crippen LogP contribution in [0.2, 0.25) is 0 Å². The Bertz CT molecular complexity index is 1120. The number of morpholine rings is 1. The van der Waals surface area contributed by atoms with Gasteiger partial charge in [0, 0.05) is 44.0 Å². The number of nitrogens with one attached hydrogen (secondary N) is 1. The third-order valence-corrected chi connectivity index (χ3v) is 7.43. The Morgan fingerprint density at radius 2 is 1.57 bits per heavy atom. The maximum absolute atomic E-state index is 12.6. The monoisotopic (exact) mass is 500 g/mol. The van der Waals surface area contributed by atoms with Crippen LogP contribution in [-0.4, -0.2) is 77.3 Å². The number of hydrogen-bond donors (Lipinski definition) is 1. The van der Waals surface area contributed by atoms with Gasteiger partial charge < -0.3 is 19.9 Å². The van der Waals surface area contributed by atoms with E-state index in [0.29, 0.717) is 44.1 Å². The SMILES string of the molecule is CS(=O)(=O)N(CC(=O)NCc1ccc(N2CCCC2)cc1)c1ccc(C(=O)N2CCOCC2)cc1. The van der Waals surface area contributed by atoms with Gasteiger partial charge in [-0.15, -0.1) is 0 Å². The van der Waals surface area contributed by atoms with Crippen molar-refractivity contribution < 1.29 is 22.7 Å². The van der Waals surface area contributed by atoms with Gasteiger partial charge in [-0.25, -0.2) is 8.42 Å². The summed E-state index contributed by atoms with van der Waals surface area (Å²) >= 11 is 0. The number of carbonyl (C=O) groups excluding carboxylic acids is 2. The van der Waals surface area contributed by atoms with Gasteiger partial charge in [-0.2, -0.15) is 0 Å². The third kappa shape index (κ3) is 6.52. The smallest absolute Gasteiger partial charge is 0.254 e. The fraction of sp³-hybridized carbons (Fsp3) is 0.440. The Labute approximate surface area is 206 Å². The lowest BCUT2D eigenvalue weighted by atomic mass is 10.1. The average Bonchev–Trinajstić information content (AvgIpc) is 3.41. The molecule has 0 atom stereocenters. The van der Waals surface area contributed by atoms with Gasteiger partial charge in [-0.1, -0.05) is 12.1 Å². The van der Waals surface area contributed by atoms with Gasteiger partial charge in [0.15, 0.2) is 0 Å². The fourth-order valence-electron chi connectivity index (χ4n) is 4.31. The first-order chi connectivity index (χ1) is 16.8. The molecule has 0 unspecified atom stereocenters. The van der Waals surface area contributed by atoms with E-state index in [0.717, 1.165) is 29.2 Å². The summed E-state index contributed by atoms with van der Waals surface area (Å²) in [7, 11) is -3.71. The number of nitrogens with zero attached hydrogens (tertiary/aromatic N) is 3. The Hall–Kier alpha value is -3.11. The summed E-state index contributed by atoms with van der Waals surface area (Å²) in [5, 5.41) is 2.80. The normalized spacial score (nSPS) is 16.3. The molecule has 0 saturated carbocycles. The molecular weight excluding hydrogens is 468 g/mol. The molecule has 188 valence electrons. The molecule has 0 bridgehead atoms. The van der Waals surface area contributed by atoms with Crippen molar-refractivity contribution in [1.29, 1.82) is 0 Å². The minimum Gasteiger partial charge on any atom is -0.378 e. The van der Waals surface area contributed by atoms with Gasteiger partial charge >= 0.3 is 0 Å². The molecule has 2 heterocycles. The van der Waals surface area contributed by atoms with E-state index in [1.54, 1.807) is 29.2 Å². The quantitative estimate of drug-likeness (QED) is 0.594. The third-order valence-electron chi connectivity index (χ3n) is 6.29. The molecule has 2 aliphatic rings. The van der Waals surface area contributed by atoms with Crippen LogP contribution in [0.15, 0.2) is 48.5 Å². The predicted molar refractivity (Wildman–Crippen MR) is 135 cm³/mol. The van der Waals surface area contributed by atoms with Crippen LogP contribution in [0.5, 0.6) is 0 Å². The summed E-state index contributed by atoms with van der Waals surface area (Å²) in [4.78, 5) is 29.3. The first-order valence-corrected chi connectivity index (χ1v) is 13.7. The predicted octanol–water partition coefficient (Wildman–Crippen LogP) is 1.84. The second-order valence-corrected chi connectivity index (χ2v) is 10.8. The first-order valence-electron chi connectivity index (χ1n) is 11.9.